The van der Waals surface area contributed by atoms with Crippen molar-refractivity contribution in [2.75, 3.05) is 20.8 Å². The fourth-order valence-corrected chi connectivity index (χ4v) is 2.53. The molecule has 1 N–H and O–H groups in total. The van der Waals surface area contributed by atoms with Gasteiger partial charge in [0.2, 0.25) is 5.79 Å². The van der Waals surface area contributed by atoms with Crippen molar-refractivity contribution in [1.29, 1.82) is 0 Å². The van der Waals surface area contributed by atoms with Crippen LogP contribution in [-0.2, 0) is 26.2 Å². The summed E-state index contributed by atoms with van der Waals surface area (Å²) in [5, 5.41) is 10.7. The lowest BCUT2D eigenvalue weighted by atomic mass is 10.1. The smallest absolute Gasteiger partial charge is 0.269 e. The van der Waals surface area contributed by atoms with Gasteiger partial charge in [-0.25, -0.2) is 8.93 Å². The molecule has 7 nitrogen and oxygen atoms in total. The Morgan fingerprint density at radius 1 is 1.18 bits per heavy atom. The summed E-state index contributed by atoms with van der Waals surface area (Å²) in [5.41, 5.74) is 0.581. The van der Waals surface area contributed by atoms with Crippen LogP contribution in [0.5, 0.6) is 0 Å². The second-order valence-electron chi connectivity index (χ2n) is 5.67. The van der Waals surface area contributed by atoms with Crippen molar-refractivity contribution in [1.82, 2.24) is 4.72 Å². The number of methoxy groups -OCH3 is 2. The summed E-state index contributed by atoms with van der Waals surface area (Å²) in [4.78, 5) is 10.2. The van der Waals surface area contributed by atoms with Crippen LogP contribution in [0.15, 0.2) is 24.3 Å². The van der Waals surface area contributed by atoms with E-state index in [1.54, 1.807) is 12.1 Å². The lowest BCUT2D eigenvalue weighted by molar-refractivity contribution is -0.384. The minimum absolute atomic E-state index is 0.0175. The molecule has 0 fully saturated rings. The van der Waals surface area contributed by atoms with Crippen LogP contribution in [0.2, 0.25) is 0 Å². The minimum Gasteiger partial charge on any atom is -0.348 e. The molecule has 124 valence electrons. The van der Waals surface area contributed by atoms with Gasteiger partial charge in [0.25, 0.3) is 5.69 Å². The lowest BCUT2D eigenvalue weighted by Crippen LogP contribution is -2.45. The third kappa shape index (κ3) is 4.33. The summed E-state index contributed by atoms with van der Waals surface area (Å²) < 4.78 is 25.5. The summed E-state index contributed by atoms with van der Waals surface area (Å²) in [6.45, 7) is 5.69. The Labute approximate surface area is 132 Å². The molecular formula is C14H22N2O5S. The molecular weight excluding hydrogens is 308 g/mol. The first-order valence-corrected chi connectivity index (χ1v) is 7.82. The van der Waals surface area contributed by atoms with Gasteiger partial charge in [0.15, 0.2) is 0 Å². The van der Waals surface area contributed by atoms with Gasteiger partial charge in [0.05, 0.1) is 27.2 Å². The van der Waals surface area contributed by atoms with Crippen LogP contribution in [-0.4, -0.2) is 34.6 Å². The topological polar surface area (TPSA) is 90.7 Å². The largest absolute Gasteiger partial charge is 0.348 e. The molecule has 1 aromatic rings. The molecule has 0 aliphatic rings. The Kier molecular flexibility index (Phi) is 6.18. The first-order chi connectivity index (χ1) is 10.2. The van der Waals surface area contributed by atoms with Gasteiger partial charge >= 0.3 is 0 Å². The fourth-order valence-electron chi connectivity index (χ4n) is 1.78. The summed E-state index contributed by atoms with van der Waals surface area (Å²) in [5.74, 6) is -1.17. The zero-order valence-electron chi connectivity index (χ0n) is 13.4. The standard InChI is InChI=1S/C14H22N2O5S/c1-13(2,3)22(19)15-10-14(20-4,21-5)11-6-8-12(9-7-11)16(17)18/h6-9,15H,10H2,1-5H3/t22-/m1/s1. The average molecular weight is 330 g/mol. The van der Waals surface area contributed by atoms with Gasteiger partial charge in [-0.3, -0.25) is 10.1 Å². The molecule has 0 bridgehead atoms. The highest BCUT2D eigenvalue weighted by Crippen LogP contribution is 2.27. The first kappa shape index (κ1) is 18.7. The van der Waals surface area contributed by atoms with Crippen LogP contribution in [0.25, 0.3) is 0 Å². The van der Waals surface area contributed by atoms with Crippen molar-refractivity contribution in [3.63, 3.8) is 0 Å². The van der Waals surface area contributed by atoms with Gasteiger partial charge in [-0.2, -0.15) is 0 Å². The third-order valence-corrected chi connectivity index (χ3v) is 4.69. The zero-order chi connectivity index (χ0) is 17.0. The number of non-ortho nitro benzene ring substituents is 1. The second-order valence-corrected chi connectivity index (χ2v) is 7.72. The molecule has 1 atom stereocenters. The van der Waals surface area contributed by atoms with E-state index < -0.39 is 26.4 Å². The highest BCUT2D eigenvalue weighted by atomic mass is 32.2. The molecule has 0 saturated carbocycles. The van der Waals surface area contributed by atoms with Crippen molar-refractivity contribution in [3.8, 4) is 0 Å². The van der Waals surface area contributed by atoms with E-state index in [1.165, 1.54) is 26.4 Å². The van der Waals surface area contributed by atoms with Crippen molar-refractivity contribution in [2.45, 2.75) is 31.3 Å². The molecule has 0 saturated heterocycles. The maximum absolute atomic E-state index is 12.1. The van der Waals surface area contributed by atoms with Crippen LogP contribution < -0.4 is 4.72 Å². The molecule has 0 unspecified atom stereocenters. The number of benzene rings is 1. The lowest BCUT2D eigenvalue weighted by Gasteiger charge is -2.32. The average Bonchev–Trinajstić information content (AvgIpc) is 2.48. The van der Waals surface area contributed by atoms with Crippen LogP contribution in [0.1, 0.15) is 26.3 Å². The Hall–Kier alpha value is -1.35. The Morgan fingerprint density at radius 2 is 1.68 bits per heavy atom. The van der Waals surface area contributed by atoms with E-state index in [-0.39, 0.29) is 12.2 Å². The SMILES string of the molecule is COC(CN[S@](=O)C(C)(C)C)(OC)c1ccc([N+](=O)[O-])cc1. The van der Waals surface area contributed by atoms with Gasteiger partial charge in [0, 0.05) is 31.9 Å². The molecule has 1 rings (SSSR count). The van der Waals surface area contributed by atoms with Gasteiger partial charge in [-0.15, -0.1) is 0 Å². The molecule has 22 heavy (non-hydrogen) atoms. The molecule has 0 heterocycles. The van der Waals surface area contributed by atoms with E-state index in [9.17, 15) is 14.3 Å². The number of nitrogens with one attached hydrogen (secondary N) is 1. The molecule has 1 aromatic carbocycles. The van der Waals surface area contributed by atoms with Gasteiger partial charge in [-0.05, 0) is 32.9 Å². The number of hydrogen-bond acceptors (Lipinski definition) is 5. The molecule has 0 aromatic heterocycles. The minimum atomic E-state index is -1.29. The van der Waals surface area contributed by atoms with Crippen molar-refractivity contribution < 1.29 is 18.6 Å². The van der Waals surface area contributed by atoms with Crippen LogP contribution >= 0.6 is 0 Å². The van der Waals surface area contributed by atoms with Crippen LogP contribution in [0.3, 0.4) is 0 Å². The fraction of sp³-hybridized carbons (Fsp3) is 0.571. The normalized spacial score (nSPS) is 13.9. The number of hydrogen-bond donors (Lipinski definition) is 1. The van der Waals surface area contributed by atoms with E-state index in [1.807, 2.05) is 20.8 Å². The Morgan fingerprint density at radius 3 is 2.05 bits per heavy atom. The van der Waals surface area contributed by atoms with Gasteiger partial charge in [0.1, 0.15) is 0 Å². The molecule has 0 aliphatic carbocycles. The second kappa shape index (κ2) is 7.28. The number of nitrogens with zero attached hydrogens (tertiary/aromatic N) is 1. The van der Waals surface area contributed by atoms with E-state index >= 15 is 0 Å². The zero-order valence-corrected chi connectivity index (χ0v) is 14.2. The third-order valence-electron chi connectivity index (χ3n) is 3.17. The highest BCUT2D eigenvalue weighted by Gasteiger charge is 2.34. The highest BCUT2D eigenvalue weighted by molar-refractivity contribution is 7.84. The van der Waals surface area contributed by atoms with E-state index in [2.05, 4.69) is 4.72 Å². The Bertz CT molecular complexity index is 535. The number of rotatable bonds is 7. The predicted octanol–water partition coefficient (Wildman–Crippen LogP) is 2.09. The summed E-state index contributed by atoms with van der Waals surface area (Å²) in [7, 11) is 1.64. The van der Waals surface area contributed by atoms with E-state index in [0.717, 1.165) is 0 Å². The van der Waals surface area contributed by atoms with Crippen molar-refractivity contribution >= 4 is 16.7 Å². The molecule has 0 amide bonds. The maximum atomic E-state index is 12.1. The van der Waals surface area contributed by atoms with E-state index in [0.29, 0.717) is 5.56 Å². The van der Waals surface area contributed by atoms with E-state index in [4.69, 9.17) is 9.47 Å². The molecule has 8 heteroatoms. The quantitative estimate of drug-likeness (QED) is 0.469. The maximum Gasteiger partial charge on any atom is 0.269 e. The van der Waals surface area contributed by atoms with Gasteiger partial charge in [-0.1, -0.05) is 0 Å². The van der Waals surface area contributed by atoms with Crippen molar-refractivity contribution in [2.24, 2.45) is 0 Å². The molecule has 0 spiro atoms. The predicted molar refractivity (Wildman–Crippen MR) is 84.7 cm³/mol. The molecule has 0 radical (unpaired) electrons. The molecule has 0 aliphatic heterocycles. The number of nitro groups is 1. The summed E-state index contributed by atoms with van der Waals surface area (Å²) >= 11 is 0. The van der Waals surface area contributed by atoms with Crippen LogP contribution in [0, 0.1) is 10.1 Å². The number of ether oxygens (including phenoxy) is 2. The Balaban J connectivity index is 3.00. The first-order valence-electron chi connectivity index (χ1n) is 6.67. The van der Waals surface area contributed by atoms with Crippen LogP contribution in [0.4, 0.5) is 5.69 Å². The number of nitro benzene ring substituents is 1. The summed E-state index contributed by atoms with van der Waals surface area (Å²) in [6.07, 6.45) is 0. The van der Waals surface area contributed by atoms with Gasteiger partial charge < -0.3 is 9.47 Å². The summed E-state index contributed by atoms with van der Waals surface area (Å²) in [6, 6.07) is 5.88. The monoisotopic (exact) mass is 330 g/mol. The van der Waals surface area contributed by atoms with Crippen molar-refractivity contribution in [3.05, 3.63) is 39.9 Å².